The summed E-state index contributed by atoms with van der Waals surface area (Å²) in [5.41, 5.74) is 0.415. The Hall–Kier alpha value is -2.05. The van der Waals surface area contributed by atoms with Gasteiger partial charge in [-0.05, 0) is 18.2 Å². The zero-order valence-electron chi connectivity index (χ0n) is 11.6. The number of aromatic nitrogens is 2. The molecular weight excluding hydrogens is 294 g/mol. The summed E-state index contributed by atoms with van der Waals surface area (Å²) >= 11 is 6.00. The van der Waals surface area contributed by atoms with Crippen molar-refractivity contribution < 1.29 is 14.3 Å². The van der Waals surface area contributed by atoms with Crippen LogP contribution in [0.2, 0.25) is 5.02 Å². The molecule has 0 radical (unpaired) electrons. The van der Waals surface area contributed by atoms with Crippen molar-refractivity contribution in [2.45, 2.75) is 6.73 Å². The first-order valence-corrected chi connectivity index (χ1v) is 6.76. The molecule has 2 aromatic rings. The summed E-state index contributed by atoms with van der Waals surface area (Å²) in [5, 5.41) is 7.31. The number of carbonyl (C=O) groups excluding carboxylic acids is 1. The van der Waals surface area contributed by atoms with Crippen LogP contribution in [0.5, 0.6) is 5.75 Å². The minimum Gasteiger partial charge on any atom is -0.470 e. The van der Waals surface area contributed by atoms with Gasteiger partial charge in [-0.2, -0.15) is 5.10 Å². The lowest BCUT2D eigenvalue weighted by molar-refractivity contribution is 0.0916. The van der Waals surface area contributed by atoms with Crippen LogP contribution < -0.4 is 10.1 Å². The number of para-hydroxylation sites is 1. The Labute approximate surface area is 127 Å². The highest BCUT2D eigenvalue weighted by molar-refractivity contribution is 6.32. The van der Waals surface area contributed by atoms with Crippen LogP contribution in [0.1, 0.15) is 10.5 Å². The third-order valence-corrected chi connectivity index (χ3v) is 3.03. The van der Waals surface area contributed by atoms with Gasteiger partial charge in [-0.25, -0.2) is 4.68 Å². The molecule has 0 unspecified atom stereocenters. The molecule has 0 aliphatic rings. The average molecular weight is 310 g/mol. The van der Waals surface area contributed by atoms with Crippen LogP contribution in [0.3, 0.4) is 0 Å². The van der Waals surface area contributed by atoms with Crippen molar-refractivity contribution in [3.05, 3.63) is 47.2 Å². The van der Waals surface area contributed by atoms with Crippen molar-refractivity contribution >= 4 is 17.5 Å². The van der Waals surface area contributed by atoms with Gasteiger partial charge in [0.1, 0.15) is 11.4 Å². The summed E-state index contributed by atoms with van der Waals surface area (Å²) in [5.74, 6) is 0.313. The molecule has 0 atom stereocenters. The third kappa shape index (κ3) is 4.21. The maximum atomic E-state index is 12.0. The SMILES string of the molecule is COCCNC(=O)c1ccnn1COc1ccccc1Cl. The van der Waals surface area contributed by atoms with Gasteiger partial charge in [0.25, 0.3) is 5.91 Å². The zero-order valence-corrected chi connectivity index (χ0v) is 12.3. The molecule has 0 aliphatic heterocycles. The van der Waals surface area contributed by atoms with Crippen molar-refractivity contribution in [2.24, 2.45) is 0 Å². The van der Waals surface area contributed by atoms with Crippen LogP contribution in [-0.2, 0) is 11.5 Å². The van der Waals surface area contributed by atoms with E-state index in [1.807, 2.05) is 12.1 Å². The van der Waals surface area contributed by atoms with Crippen LogP contribution in [0.15, 0.2) is 36.5 Å². The maximum absolute atomic E-state index is 12.0. The van der Waals surface area contributed by atoms with Crippen molar-refractivity contribution in [3.63, 3.8) is 0 Å². The fraction of sp³-hybridized carbons (Fsp3) is 0.286. The summed E-state index contributed by atoms with van der Waals surface area (Å²) in [6, 6.07) is 8.75. The van der Waals surface area contributed by atoms with Gasteiger partial charge in [-0.1, -0.05) is 23.7 Å². The summed E-state index contributed by atoms with van der Waals surface area (Å²) in [6.07, 6.45) is 1.54. The standard InChI is InChI=1S/C14H16ClN3O3/c1-20-9-8-16-14(19)12-6-7-17-18(12)10-21-13-5-3-2-4-11(13)15/h2-7H,8-10H2,1H3,(H,16,19). The van der Waals surface area contributed by atoms with E-state index >= 15 is 0 Å². The van der Waals surface area contributed by atoms with Gasteiger partial charge in [0.2, 0.25) is 0 Å². The lowest BCUT2D eigenvalue weighted by Crippen LogP contribution is -2.29. The van der Waals surface area contributed by atoms with E-state index in [1.54, 1.807) is 31.5 Å². The highest BCUT2D eigenvalue weighted by atomic mass is 35.5. The highest BCUT2D eigenvalue weighted by Gasteiger charge is 2.12. The fourth-order valence-corrected chi connectivity index (χ4v) is 1.87. The number of nitrogens with one attached hydrogen (secondary N) is 1. The normalized spacial score (nSPS) is 10.4. The monoisotopic (exact) mass is 309 g/mol. The van der Waals surface area contributed by atoms with E-state index in [4.69, 9.17) is 21.1 Å². The van der Waals surface area contributed by atoms with E-state index in [0.717, 1.165) is 0 Å². The molecule has 0 aliphatic carbocycles. The van der Waals surface area contributed by atoms with Gasteiger partial charge in [0.15, 0.2) is 6.73 Å². The smallest absolute Gasteiger partial charge is 0.269 e. The third-order valence-electron chi connectivity index (χ3n) is 2.72. The van der Waals surface area contributed by atoms with Crippen molar-refractivity contribution in [1.29, 1.82) is 0 Å². The number of benzene rings is 1. The number of hydrogen-bond acceptors (Lipinski definition) is 4. The molecule has 0 fully saturated rings. The molecule has 1 aromatic heterocycles. The average Bonchev–Trinajstić information content (AvgIpc) is 2.95. The van der Waals surface area contributed by atoms with E-state index in [-0.39, 0.29) is 12.6 Å². The fourth-order valence-electron chi connectivity index (χ4n) is 1.68. The maximum Gasteiger partial charge on any atom is 0.269 e. The molecule has 1 aromatic carbocycles. The number of hydrogen-bond donors (Lipinski definition) is 1. The molecule has 0 spiro atoms. The first-order valence-electron chi connectivity index (χ1n) is 6.38. The number of carbonyl (C=O) groups is 1. The van der Waals surface area contributed by atoms with Crippen LogP contribution in [-0.4, -0.2) is 35.9 Å². The summed E-state index contributed by atoms with van der Waals surface area (Å²) in [7, 11) is 1.58. The Bertz CT molecular complexity index is 601. The second-order valence-corrected chi connectivity index (χ2v) is 4.58. The van der Waals surface area contributed by atoms with Gasteiger partial charge in [-0.3, -0.25) is 4.79 Å². The van der Waals surface area contributed by atoms with Crippen molar-refractivity contribution in [3.8, 4) is 5.75 Å². The second-order valence-electron chi connectivity index (χ2n) is 4.17. The Morgan fingerprint density at radius 2 is 2.19 bits per heavy atom. The molecule has 2 rings (SSSR count). The number of methoxy groups -OCH3 is 1. The van der Waals surface area contributed by atoms with Crippen LogP contribution >= 0.6 is 11.6 Å². The molecule has 1 heterocycles. The molecule has 112 valence electrons. The summed E-state index contributed by atoms with van der Waals surface area (Å²) in [6.45, 7) is 0.992. The van der Waals surface area contributed by atoms with Crippen LogP contribution in [0, 0.1) is 0 Å². The van der Waals surface area contributed by atoms with Crippen molar-refractivity contribution in [1.82, 2.24) is 15.1 Å². The van der Waals surface area contributed by atoms with Crippen LogP contribution in [0.25, 0.3) is 0 Å². The lowest BCUT2D eigenvalue weighted by Gasteiger charge is -2.10. The first kappa shape index (κ1) is 15.3. The Balaban J connectivity index is 1.97. The highest BCUT2D eigenvalue weighted by Crippen LogP contribution is 2.23. The van der Waals surface area contributed by atoms with Crippen LogP contribution in [0.4, 0.5) is 0 Å². The number of ether oxygens (including phenoxy) is 2. The Morgan fingerprint density at radius 1 is 1.38 bits per heavy atom. The van der Waals surface area contributed by atoms with Gasteiger partial charge in [0, 0.05) is 19.9 Å². The Morgan fingerprint density at radius 3 is 2.95 bits per heavy atom. The molecule has 7 heteroatoms. The number of rotatable bonds is 7. The van der Waals surface area contributed by atoms with Gasteiger partial charge in [-0.15, -0.1) is 0 Å². The molecule has 6 nitrogen and oxygen atoms in total. The summed E-state index contributed by atoms with van der Waals surface area (Å²) < 4.78 is 11.9. The van der Waals surface area contributed by atoms with Gasteiger partial charge in [0.05, 0.1) is 11.6 Å². The predicted molar refractivity (Wildman–Crippen MR) is 78.5 cm³/mol. The van der Waals surface area contributed by atoms with E-state index in [1.165, 1.54) is 4.68 Å². The number of amides is 1. The minimum atomic E-state index is -0.229. The van der Waals surface area contributed by atoms with E-state index in [9.17, 15) is 4.79 Å². The quantitative estimate of drug-likeness (QED) is 0.794. The lowest BCUT2D eigenvalue weighted by atomic mass is 10.3. The molecular formula is C14H16ClN3O3. The Kier molecular flexibility index (Phi) is 5.59. The zero-order chi connectivity index (χ0) is 15.1. The topological polar surface area (TPSA) is 65.4 Å². The van der Waals surface area contributed by atoms with Gasteiger partial charge < -0.3 is 14.8 Å². The first-order chi connectivity index (χ1) is 10.2. The second kappa shape index (κ2) is 7.66. The predicted octanol–water partition coefficient (Wildman–Crippen LogP) is 1.95. The van der Waals surface area contributed by atoms with Crippen molar-refractivity contribution in [2.75, 3.05) is 20.3 Å². The molecule has 1 N–H and O–H groups in total. The molecule has 0 saturated carbocycles. The van der Waals surface area contributed by atoms with E-state index in [2.05, 4.69) is 10.4 Å². The number of halogens is 1. The minimum absolute atomic E-state index is 0.101. The van der Waals surface area contributed by atoms with E-state index < -0.39 is 0 Å². The van der Waals surface area contributed by atoms with E-state index in [0.29, 0.717) is 29.6 Å². The molecule has 1 amide bonds. The van der Waals surface area contributed by atoms with Gasteiger partial charge >= 0.3 is 0 Å². The largest absolute Gasteiger partial charge is 0.470 e. The molecule has 21 heavy (non-hydrogen) atoms. The summed E-state index contributed by atoms with van der Waals surface area (Å²) in [4.78, 5) is 12.0. The number of nitrogens with zero attached hydrogens (tertiary/aromatic N) is 2. The molecule has 0 saturated heterocycles. The molecule has 0 bridgehead atoms.